The van der Waals surface area contributed by atoms with E-state index < -0.39 is 6.16 Å². The summed E-state index contributed by atoms with van der Waals surface area (Å²) in [4.78, 5) is 10.7. The van der Waals surface area contributed by atoms with E-state index in [4.69, 9.17) is 4.74 Å². The molecule has 3 nitrogen and oxygen atoms in total. The fraction of sp³-hybridized carbons (Fsp3) is 0.875. The van der Waals surface area contributed by atoms with Crippen LogP contribution in [0.2, 0.25) is 0 Å². The summed E-state index contributed by atoms with van der Waals surface area (Å²) in [6, 6.07) is 0. The van der Waals surface area contributed by atoms with Crippen molar-refractivity contribution in [2.75, 3.05) is 6.61 Å². The van der Waals surface area contributed by atoms with Crippen LogP contribution >= 0.6 is 0 Å². The van der Waals surface area contributed by atoms with Crippen LogP contribution in [0.5, 0.6) is 0 Å². The molecule has 1 rings (SSSR count). The zero-order valence-corrected chi connectivity index (χ0v) is 7.00. The van der Waals surface area contributed by atoms with Crippen LogP contribution in [0.15, 0.2) is 0 Å². The first-order valence-electron chi connectivity index (χ1n) is 4.07. The predicted molar refractivity (Wildman–Crippen MR) is 40.3 cm³/mol. The summed E-state index contributed by atoms with van der Waals surface area (Å²) in [7, 11) is 0. The highest BCUT2D eigenvalue weighted by atomic mass is 16.7. The number of carbonyl (C=O) groups is 1. The number of carbonyl (C=O) groups excluding carboxylic acids is 1. The molecule has 0 spiro atoms. The van der Waals surface area contributed by atoms with Gasteiger partial charge in [-0.2, -0.15) is 0 Å². The molecule has 1 saturated carbocycles. The number of hydrogen-bond donors (Lipinski definition) is 0. The minimum Gasteiger partial charge on any atom is -0.435 e. The smallest absolute Gasteiger partial charge is 0.435 e. The van der Waals surface area contributed by atoms with E-state index in [2.05, 4.69) is 4.74 Å². The molecule has 0 aromatic carbocycles. The van der Waals surface area contributed by atoms with Gasteiger partial charge in [0.05, 0.1) is 6.61 Å². The second-order valence-corrected chi connectivity index (χ2v) is 2.84. The molecule has 1 atom stereocenters. The van der Waals surface area contributed by atoms with Crippen LogP contribution in [-0.4, -0.2) is 18.9 Å². The number of rotatable bonds is 3. The first-order valence-corrected chi connectivity index (χ1v) is 4.07. The maximum Gasteiger partial charge on any atom is 0.508 e. The van der Waals surface area contributed by atoms with E-state index in [9.17, 15) is 4.79 Å². The van der Waals surface area contributed by atoms with E-state index in [-0.39, 0.29) is 6.10 Å². The zero-order chi connectivity index (χ0) is 8.27. The van der Waals surface area contributed by atoms with Crippen molar-refractivity contribution in [1.29, 1.82) is 0 Å². The van der Waals surface area contributed by atoms with Crippen LogP contribution in [0.1, 0.15) is 26.7 Å². The highest BCUT2D eigenvalue weighted by Crippen LogP contribution is 2.34. The quantitative estimate of drug-likeness (QED) is 0.589. The van der Waals surface area contributed by atoms with Crippen LogP contribution in [0.4, 0.5) is 4.79 Å². The second kappa shape index (κ2) is 3.60. The summed E-state index contributed by atoms with van der Waals surface area (Å²) in [5, 5.41) is 0. The summed E-state index contributed by atoms with van der Waals surface area (Å²) < 4.78 is 9.58. The highest BCUT2D eigenvalue weighted by molar-refractivity contribution is 5.60. The third-order valence-corrected chi connectivity index (χ3v) is 1.83. The molecule has 1 fully saturated rings. The Morgan fingerprint density at radius 3 is 2.73 bits per heavy atom. The van der Waals surface area contributed by atoms with E-state index in [1.54, 1.807) is 6.92 Å². The summed E-state index contributed by atoms with van der Waals surface area (Å²) in [5.41, 5.74) is 0. The Balaban J connectivity index is 2.12. The highest BCUT2D eigenvalue weighted by Gasteiger charge is 2.30. The van der Waals surface area contributed by atoms with Gasteiger partial charge in [0.15, 0.2) is 0 Å². The zero-order valence-electron chi connectivity index (χ0n) is 7.00. The lowest BCUT2D eigenvalue weighted by Gasteiger charge is -2.10. The topological polar surface area (TPSA) is 35.5 Å². The molecule has 0 aliphatic heterocycles. The lowest BCUT2D eigenvalue weighted by Crippen LogP contribution is -2.17. The first kappa shape index (κ1) is 8.37. The predicted octanol–water partition coefficient (Wildman–Crippen LogP) is 1.96. The molecule has 64 valence electrons. The average Bonchev–Trinajstić information content (AvgIpc) is 2.67. The van der Waals surface area contributed by atoms with Crippen molar-refractivity contribution in [2.45, 2.75) is 32.8 Å². The van der Waals surface area contributed by atoms with Crippen molar-refractivity contribution in [3.8, 4) is 0 Å². The Morgan fingerprint density at radius 2 is 2.27 bits per heavy atom. The molecule has 0 saturated heterocycles. The number of hydrogen-bond acceptors (Lipinski definition) is 3. The minimum absolute atomic E-state index is 0.0362. The van der Waals surface area contributed by atoms with E-state index in [0.29, 0.717) is 12.5 Å². The van der Waals surface area contributed by atoms with E-state index in [1.807, 2.05) is 6.92 Å². The Morgan fingerprint density at radius 1 is 1.64 bits per heavy atom. The van der Waals surface area contributed by atoms with Gasteiger partial charge in [0.25, 0.3) is 0 Å². The summed E-state index contributed by atoms with van der Waals surface area (Å²) >= 11 is 0. The lowest BCUT2D eigenvalue weighted by atomic mass is 10.3. The Labute approximate surface area is 66.7 Å². The minimum atomic E-state index is -0.535. The Kier molecular flexibility index (Phi) is 2.74. The molecular formula is C8H14O3. The van der Waals surface area contributed by atoms with Gasteiger partial charge in [-0.1, -0.05) is 0 Å². The average molecular weight is 158 g/mol. The normalized spacial score (nSPS) is 19.1. The molecule has 0 heterocycles. The van der Waals surface area contributed by atoms with Gasteiger partial charge in [-0.05, 0) is 32.6 Å². The van der Waals surface area contributed by atoms with Gasteiger partial charge < -0.3 is 9.47 Å². The van der Waals surface area contributed by atoms with Gasteiger partial charge >= 0.3 is 6.16 Å². The van der Waals surface area contributed by atoms with Gasteiger partial charge in [-0.25, -0.2) is 4.79 Å². The van der Waals surface area contributed by atoms with Crippen LogP contribution in [0.25, 0.3) is 0 Å². The van der Waals surface area contributed by atoms with Crippen molar-refractivity contribution in [3.63, 3.8) is 0 Å². The molecule has 0 amide bonds. The molecule has 3 heteroatoms. The van der Waals surface area contributed by atoms with Crippen LogP contribution in [0, 0.1) is 5.92 Å². The fourth-order valence-corrected chi connectivity index (χ4v) is 0.966. The van der Waals surface area contributed by atoms with Gasteiger partial charge in [-0.15, -0.1) is 0 Å². The molecule has 1 unspecified atom stereocenters. The van der Waals surface area contributed by atoms with E-state index in [1.165, 1.54) is 12.8 Å². The van der Waals surface area contributed by atoms with Gasteiger partial charge in [0.2, 0.25) is 0 Å². The van der Waals surface area contributed by atoms with Crippen molar-refractivity contribution in [1.82, 2.24) is 0 Å². The Bertz CT molecular complexity index is 140. The largest absolute Gasteiger partial charge is 0.508 e. The molecular weight excluding hydrogens is 144 g/mol. The monoisotopic (exact) mass is 158 g/mol. The van der Waals surface area contributed by atoms with Crippen LogP contribution in [0.3, 0.4) is 0 Å². The van der Waals surface area contributed by atoms with E-state index in [0.717, 1.165) is 0 Å². The van der Waals surface area contributed by atoms with Gasteiger partial charge in [0, 0.05) is 0 Å². The maximum atomic E-state index is 10.7. The molecule has 0 aromatic rings. The fourth-order valence-electron chi connectivity index (χ4n) is 0.966. The lowest BCUT2D eigenvalue weighted by molar-refractivity contribution is 0.0253. The summed E-state index contributed by atoms with van der Waals surface area (Å²) in [6.45, 7) is 4.06. The molecule has 1 aliphatic carbocycles. The third kappa shape index (κ3) is 2.78. The summed E-state index contributed by atoms with van der Waals surface area (Å²) in [5.74, 6) is 0.583. The molecule has 0 radical (unpaired) electrons. The standard InChI is InChI=1S/C8H14O3/c1-3-10-8(9)11-6(2)7-4-5-7/h6-7H,3-5H2,1-2H3. The molecule has 0 bridgehead atoms. The van der Waals surface area contributed by atoms with Crippen LogP contribution in [-0.2, 0) is 9.47 Å². The molecule has 1 aliphatic rings. The van der Waals surface area contributed by atoms with Crippen molar-refractivity contribution >= 4 is 6.16 Å². The van der Waals surface area contributed by atoms with Crippen molar-refractivity contribution in [3.05, 3.63) is 0 Å². The molecule has 0 aromatic heterocycles. The Hall–Kier alpha value is -0.730. The van der Waals surface area contributed by atoms with Gasteiger partial charge in [-0.3, -0.25) is 0 Å². The molecule has 11 heavy (non-hydrogen) atoms. The second-order valence-electron chi connectivity index (χ2n) is 2.84. The van der Waals surface area contributed by atoms with Gasteiger partial charge in [0.1, 0.15) is 6.10 Å². The first-order chi connectivity index (χ1) is 5.24. The van der Waals surface area contributed by atoms with Crippen LogP contribution < -0.4 is 0 Å². The maximum absolute atomic E-state index is 10.7. The van der Waals surface area contributed by atoms with E-state index >= 15 is 0 Å². The van der Waals surface area contributed by atoms with Crippen molar-refractivity contribution in [2.24, 2.45) is 5.92 Å². The summed E-state index contributed by atoms with van der Waals surface area (Å²) in [6.07, 6.45) is 1.86. The SMILES string of the molecule is CCOC(=O)OC(C)C1CC1. The third-order valence-electron chi connectivity index (χ3n) is 1.83. The van der Waals surface area contributed by atoms with Crippen molar-refractivity contribution < 1.29 is 14.3 Å². The number of ether oxygens (including phenoxy) is 2. The molecule has 0 N–H and O–H groups in total.